The van der Waals surface area contributed by atoms with E-state index in [1.165, 1.54) is 30.5 Å². The topological polar surface area (TPSA) is 91.3 Å². The molecular weight excluding hydrogens is 337 g/mol. The van der Waals surface area contributed by atoms with Crippen LogP contribution in [0, 0.1) is 5.82 Å². The molecule has 0 aliphatic rings. The fourth-order valence-corrected chi connectivity index (χ4v) is 2.64. The number of aromatic carboxylic acids is 1. The fourth-order valence-electron chi connectivity index (χ4n) is 2.64. The van der Waals surface area contributed by atoms with E-state index in [0.29, 0.717) is 17.3 Å². The summed E-state index contributed by atoms with van der Waals surface area (Å²) >= 11 is 0. The zero-order chi connectivity index (χ0) is 18.7. The van der Waals surface area contributed by atoms with Crippen LogP contribution in [0.4, 0.5) is 15.0 Å². The molecule has 3 rings (SSSR count). The van der Waals surface area contributed by atoms with E-state index in [0.717, 1.165) is 11.1 Å². The monoisotopic (exact) mass is 353 g/mol. The van der Waals surface area contributed by atoms with Crippen LogP contribution in [-0.2, 0) is 0 Å². The van der Waals surface area contributed by atoms with Crippen LogP contribution in [0.3, 0.4) is 0 Å². The van der Waals surface area contributed by atoms with Gasteiger partial charge < -0.3 is 10.4 Å². The van der Waals surface area contributed by atoms with Crippen molar-refractivity contribution in [1.82, 2.24) is 10.3 Å². The first kappa shape index (κ1) is 17.3. The molecule has 0 saturated carbocycles. The van der Waals surface area contributed by atoms with E-state index >= 15 is 0 Å². The summed E-state index contributed by atoms with van der Waals surface area (Å²) in [6, 6.07) is 10.3. The molecule has 2 aromatic carbocycles. The second-order valence-electron chi connectivity index (χ2n) is 5.58. The number of anilines is 1. The van der Waals surface area contributed by atoms with Crippen molar-refractivity contribution >= 4 is 28.6 Å². The number of carbonyl (C=O) groups is 2. The van der Waals surface area contributed by atoms with Gasteiger partial charge in [-0.15, -0.1) is 0 Å². The number of amides is 2. The lowest BCUT2D eigenvalue weighted by Gasteiger charge is -2.10. The normalized spacial score (nSPS) is 10.5. The highest BCUT2D eigenvalue weighted by molar-refractivity contribution is 5.99. The molecule has 0 aliphatic heterocycles. The van der Waals surface area contributed by atoms with E-state index in [-0.39, 0.29) is 11.4 Å². The predicted octanol–water partition coefficient (Wildman–Crippen LogP) is 3.88. The standard InChI is InChI=1S/C19H16FN3O3/c1-2-21-19(26)23-17-9-14-15(10-22-17)13(7-8-16(14)20)11-3-5-12(6-4-11)18(24)25/h3-10H,2H2,1H3,(H,24,25)(H2,21,22,23,26). The zero-order valence-corrected chi connectivity index (χ0v) is 13.9. The molecule has 7 heteroatoms. The quantitative estimate of drug-likeness (QED) is 0.664. The summed E-state index contributed by atoms with van der Waals surface area (Å²) in [4.78, 5) is 26.8. The molecule has 6 nitrogen and oxygen atoms in total. The number of nitrogens with zero attached hydrogens (tertiary/aromatic N) is 1. The molecule has 0 saturated heterocycles. The number of halogens is 1. The van der Waals surface area contributed by atoms with Gasteiger partial charge in [0.15, 0.2) is 0 Å². The van der Waals surface area contributed by atoms with E-state index in [4.69, 9.17) is 5.11 Å². The minimum Gasteiger partial charge on any atom is -0.478 e. The molecule has 26 heavy (non-hydrogen) atoms. The van der Waals surface area contributed by atoms with Gasteiger partial charge in [-0.05, 0) is 42.3 Å². The third-order valence-electron chi connectivity index (χ3n) is 3.87. The number of fused-ring (bicyclic) bond motifs is 1. The maximum Gasteiger partial charge on any atom is 0.335 e. The van der Waals surface area contributed by atoms with Gasteiger partial charge in [0.05, 0.1) is 5.56 Å². The Morgan fingerprint density at radius 1 is 1.12 bits per heavy atom. The minimum absolute atomic E-state index is 0.173. The first-order valence-electron chi connectivity index (χ1n) is 7.96. The summed E-state index contributed by atoms with van der Waals surface area (Å²) in [5.41, 5.74) is 1.63. The highest BCUT2D eigenvalue weighted by Gasteiger charge is 2.11. The largest absolute Gasteiger partial charge is 0.478 e. The number of aromatic nitrogens is 1. The third-order valence-corrected chi connectivity index (χ3v) is 3.87. The van der Waals surface area contributed by atoms with Gasteiger partial charge >= 0.3 is 12.0 Å². The number of urea groups is 1. The van der Waals surface area contributed by atoms with Crippen molar-refractivity contribution in [2.45, 2.75) is 6.92 Å². The molecule has 0 bridgehead atoms. The first-order chi connectivity index (χ1) is 12.5. The van der Waals surface area contributed by atoms with Crippen molar-refractivity contribution in [1.29, 1.82) is 0 Å². The van der Waals surface area contributed by atoms with Crippen molar-refractivity contribution in [2.24, 2.45) is 0 Å². The highest BCUT2D eigenvalue weighted by atomic mass is 19.1. The van der Waals surface area contributed by atoms with E-state index < -0.39 is 17.8 Å². The van der Waals surface area contributed by atoms with Crippen molar-refractivity contribution in [2.75, 3.05) is 11.9 Å². The smallest absolute Gasteiger partial charge is 0.335 e. The van der Waals surface area contributed by atoms with Crippen molar-refractivity contribution in [3.63, 3.8) is 0 Å². The number of nitrogens with one attached hydrogen (secondary N) is 2. The minimum atomic E-state index is -1.01. The Hall–Kier alpha value is -3.48. The van der Waals surface area contributed by atoms with Gasteiger partial charge in [-0.3, -0.25) is 5.32 Å². The lowest BCUT2D eigenvalue weighted by molar-refractivity contribution is 0.0697. The number of hydrogen-bond acceptors (Lipinski definition) is 3. The number of rotatable bonds is 4. The number of benzene rings is 2. The van der Waals surface area contributed by atoms with Crippen LogP contribution in [0.1, 0.15) is 17.3 Å². The number of carboxylic acids is 1. The molecule has 0 spiro atoms. The second kappa shape index (κ2) is 7.18. The van der Waals surface area contributed by atoms with Gasteiger partial charge in [-0.1, -0.05) is 18.2 Å². The Bertz CT molecular complexity index is 987. The second-order valence-corrected chi connectivity index (χ2v) is 5.58. The molecule has 0 radical (unpaired) electrons. The van der Waals surface area contributed by atoms with Crippen LogP contribution in [-0.4, -0.2) is 28.6 Å². The number of carbonyl (C=O) groups excluding carboxylic acids is 1. The lowest BCUT2D eigenvalue weighted by atomic mass is 9.98. The molecule has 1 heterocycles. The highest BCUT2D eigenvalue weighted by Crippen LogP contribution is 2.31. The summed E-state index contributed by atoms with van der Waals surface area (Å²) < 4.78 is 14.3. The number of hydrogen-bond donors (Lipinski definition) is 3. The van der Waals surface area contributed by atoms with E-state index in [2.05, 4.69) is 15.6 Å². The molecule has 2 amide bonds. The Kier molecular flexibility index (Phi) is 4.79. The molecule has 3 aromatic rings. The van der Waals surface area contributed by atoms with Crippen molar-refractivity contribution < 1.29 is 19.1 Å². The average Bonchev–Trinajstić information content (AvgIpc) is 2.63. The average molecular weight is 353 g/mol. The predicted molar refractivity (Wildman–Crippen MR) is 96.8 cm³/mol. The summed E-state index contributed by atoms with van der Waals surface area (Å²) in [5.74, 6) is -1.21. The Labute approximate surface area is 148 Å². The maximum absolute atomic E-state index is 14.3. The molecule has 0 aliphatic carbocycles. The van der Waals surface area contributed by atoms with Gasteiger partial charge in [-0.25, -0.2) is 19.0 Å². The van der Waals surface area contributed by atoms with Gasteiger partial charge in [0.2, 0.25) is 0 Å². The summed E-state index contributed by atoms with van der Waals surface area (Å²) in [6.07, 6.45) is 1.49. The number of pyridine rings is 1. The van der Waals surface area contributed by atoms with Crippen LogP contribution in [0.2, 0.25) is 0 Å². The Morgan fingerprint density at radius 2 is 1.85 bits per heavy atom. The molecule has 0 atom stereocenters. The molecular formula is C19H16FN3O3. The van der Waals surface area contributed by atoms with E-state index in [1.54, 1.807) is 25.1 Å². The molecule has 0 unspecified atom stereocenters. The first-order valence-corrected chi connectivity index (χ1v) is 7.96. The van der Waals surface area contributed by atoms with E-state index in [1.807, 2.05) is 0 Å². The van der Waals surface area contributed by atoms with Crippen LogP contribution in [0.5, 0.6) is 0 Å². The van der Waals surface area contributed by atoms with E-state index in [9.17, 15) is 14.0 Å². The van der Waals surface area contributed by atoms with Gasteiger partial charge in [-0.2, -0.15) is 0 Å². The summed E-state index contributed by atoms with van der Waals surface area (Å²) in [5, 5.41) is 15.0. The van der Waals surface area contributed by atoms with Crippen LogP contribution < -0.4 is 10.6 Å². The van der Waals surface area contributed by atoms with Gasteiger partial charge in [0, 0.05) is 23.5 Å². The lowest BCUT2D eigenvalue weighted by Crippen LogP contribution is -2.28. The molecule has 1 aromatic heterocycles. The van der Waals surface area contributed by atoms with Gasteiger partial charge in [0.1, 0.15) is 11.6 Å². The fraction of sp³-hybridized carbons (Fsp3) is 0.105. The summed E-state index contributed by atoms with van der Waals surface area (Å²) in [7, 11) is 0. The molecule has 0 fully saturated rings. The SMILES string of the molecule is CCNC(=O)Nc1cc2c(F)ccc(-c3ccc(C(=O)O)cc3)c2cn1. The van der Waals surface area contributed by atoms with Crippen molar-refractivity contribution in [3.8, 4) is 11.1 Å². The molecule has 3 N–H and O–H groups in total. The third kappa shape index (κ3) is 3.46. The summed E-state index contributed by atoms with van der Waals surface area (Å²) in [6.45, 7) is 2.25. The zero-order valence-electron chi connectivity index (χ0n) is 13.9. The van der Waals surface area contributed by atoms with Crippen LogP contribution in [0.15, 0.2) is 48.7 Å². The van der Waals surface area contributed by atoms with Crippen molar-refractivity contribution in [3.05, 3.63) is 60.0 Å². The maximum atomic E-state index is 14.3. The number of carboxylic acid groups (broad SMARTS) is 1. The van der Waals surface area contributed by atoms with Crippen LogP contribution in [0.25, 0.3) is 21.9 Å². The Balaban J connectivity index is 2.03. The Morgan fingerprint density at radius 3 is 2.50 bits per heavy atom. The van der Waals surface area contributed by atoms with Crippen LogP contribution >= 0.6 is 0 Å². The molecule has 132 valence electrons. The van der Waals surface area contributed by atoms with Gasteiger partial charge in [0.25, 0.3) is 0 Å².